The minimum absolute atomic E-state index is 0.695. The third-order valence-electron chi connectivity index (χ3n) is 4.99. The number of nitrogens with zero attached hydrogens (tertiary/aromatic N) is 3. The molecule has 2 N–H and O–H groups in total. The highest BCUT2D eigenvalue weighted by Crippen LogP contribution is 2.25. The Hall–Kier alpha value is -0.650. The molecule has 0 aromatic carbocycles. The van der Waals surface area contributed by atoms with Crippen LogP contribution in [0, 0.1) is 5.92 Å². The van der Waals surface area contributed by atoms with E-state index in [9.17, 15) is 0 Å². The zero-order chi connectivity index (χ0) is 14.7. The Balaban J connectivity index is 1.50. The van der Waals surface area contributed by atoms with E-state index >= 15 is 0 Å². The fraction of sp³-hybridized carbons (Fsp3) is 0.812. The summed E-state index contributed by atoms with van der Waals surface area (Å²) in [7, 11) is 0. The van der Waals surface area contributed by atoms with Crippen LogP contribution in [-0.4, -0.2) is 47.0 Å². The lowest BCUT2D eigenvalue weighted by Crippen LogP contribution is -2.45. The summed E-state index contributed by atoms with van der Waals surface area (Å²) in [5.74, 6) is 0.838. The predicted octanol–water partition coefficient (Wildman–Crippen LogP) is 2.81. The quantitative estimate of drug-likeness (QED) is 0.929. The Bertz CT molecular complexity index is 447. The molecule has 0 radical (unpaired) electrons. The Morgan fingerprint density at radius 1 is 1.29 bits per heavy atom. The van der Waals surface area contributed by atoms with Crippen LogP contribution in [0.4, 0.5) is 5.13 Å². The molecule has 2 atom stereocenters. The molecule has 2 saturated heterocycles. The van der Waals surface area contributed by atoms with Gasteiger partial charge in [0.25, 0.3) is 0 Å². The number of piperidine rings is 2. The van der Waals surface area contributed by atoms with Crippen molar-refractivity contribution in [1.29, 1.82) is 0 Å². The van der Waals surface area contributed by atoms with Gasteiger partial charge in [0.15, 0.2) is 5.13 Å². The number of likely N-dealkylation sites (tertiary alicyclic amines) is 2. The highest BCUT2D eigenvalue weighted by atomic mass is 32.1. The van der Waals surface area contributed by atoms with Crippen LogP contribution in [0.3, 0.4) is 0 Å². The number of hydrogen-bond donors (Lipinski definition) is 1. The summed E-state index contributed by atoms with van der Waals surface area (Å²) in [5, 5.41) is 0.695. The van der Waals surface area contributed by atoms with E-state index in [0.29, 0.717) is 5.13 Å². The van der Waals surface area contributed by atoms with Crippen molar-refractivity contribution >= 4 is 16.5 Å². The maximum atomic E-state index is 5.73. The summed E-state index contributed by atoms with van der Waals surface area (Å²) in [6.07, 6.45) is 8.86. The summed E-state index contributed by atoms with van der Waals surface area (Å²) in [6.45, 7) is 8.50. The van der Waals surface area contributed by atoms with E-state index in [0.717, 1.165) is 18.5 Å². The minimum Gasteiger partial charge on any atom is -0.375 e. The summed E-state index contributed by atoms with van der Waals surface area (Å²) < 4.78 is 0. The van der Waals surface area contributed by atoms with Crippen molar-refractivity contribution in [2.75, 3.05) is 31.9 Å². The van der Waals surface area contributed by atoms with E-state index in [2.05, 4.69) is 21.7 Å². The van der Waals surface area contributed by atoms with E-state index in [-0.39, 0.29) is 0 Å². The summed E-state index contributed by atoms with van der Waals surface area (Å²) in [6, 6.07) is 0.787. The van der Waals surface area contributed by atoms with Crippen molar-refractivity contribution < 1.29 is 0 Å². The topological polar surface area (TPSA) is 45.4 Å². The Morgan fingerprint density at radius 3 is 2.95 bits per heavy atom. The molecule has 118 valence electrons. The van der Waals surface area contributed by atoms with E-state index in [1.54, 1.807) is 11.3 Å². The van der Waals surface area contributed by atoms with E-state index in [4.69, 9.17) is 5.73 Å². The molecule has 21 heavy (non-hydrogen) atoms. The van der Waals surface area contributed by atoms with Crippen molar-refractivity contribution in [3.05, 3.63) is 11.1 Å². The number of nitrogens with two attached hydrogens (primary N) is 1. The summed E-state index contributed by atoms with van der Waals surface area (Å²) in [5.41, 5.74) is 5.73. The second-order valence-electron chi connectivity index (χ2n) is 6.75. The van der Waals surface area contributed by atoms with Gasteiger partial charge in [-0.05, 0) is 51.6 Å². The van der Waals surface area contributed by atoms with Crippen LogP contribution in [0.5, 0.6) is 0 Å². The first-order valence-corrected chi connectivity index (χ1v) is 9.19. The smallest absolute Gasteiger partial charge is 0.180 e. The van der Waals surface area contributed by atoms with Gasteiger partial charge < -0.3 is 10.6 Å². The summed E-state index contributed by atoms with van der Waals surface area (Å²) in [4.78, 5) is 10.8. The SMILES string of the molecule is CC1CCCCN1CC1CCCN(Cc2cnc(N)s2)C1. The van der Waals surface area contributed by atoms with Gasteiger partial charge in [0, 0.05) is 36.8 Å². The molecular formula is C16H28N4S. The van der Waals surface area contributed by atoms with Gasteiger partial charge in [-0.15, -0.1) is 11.3 Å². The standard InChI is InChI=1S/C16H28N4S/c1-13-5-2-3-8-20(13)11-14-6-4-7-19(10-14)12-15-9-18-16(17)21-15/h9,13-14H,2-8,10-12H2,1H3,(H2,17,18). The van der Waals surface area contributed by atoms with Crippen LogP contribution in [0.1, 0.15) is 43.9 Å². The molecule has 0 amide bonds. The highest BCUT2D eigenvalue weighted by molar-refractivity contribution is 7.15. The zero-order valence-corrected chi connectivity index (χ0v) is 13.9. The van der Waals surface area contributed by atoms with Crippen molar-refractivity contribution in [3.8, 4) is 0 Å². The van der Waals surface area contributed by atoms with Crippen LogP contribution in [0.2, 0.25) is 0 Å². The first-order chi connectivity index (χ1) is 10.2. The molecule has 2 aliphatic heterocycles. The first-order valence-electron chi connectivity index (χ1n) is 8.37. The molecule has 0 bridgehead atoms. The van der Waals surface area contributed by atoms with E-state index in [1.807, 2.05) is 6.20 Å². The molecule has 1 aromatic heterocycles. The molecule has 0 spiro atoms. The maximum Gasteiger partial charge on any atom is 0.180 e. The Kier molecular flexibility index (Phi) is 5.14. The van der Waals surface area contributed by atoms with Crippen molar-refractivity contribution in [2.24, 2.45) is 5.92 Å². The fourth-order valence-electron chi connectivity index (χ4n) is 3.82. The van der Waals surface area contributed by atoms with Gasteiger partial charge in [-0.3, -0.25) is 4.90 Å². The van der Waals surface area contributed by atoms with Gasteiger partial charge in [0.05, 0.1) is 0 Å². The molecule has 2 unspecified atom stereocenters. The van der Waals surface area contributed by atoms with Crippen molar-refractivity contribution in [1.82, 2.24) is 14.8 Å². The lowest BCUT2D eigenvalue weighted by atomic mass is 9.95. The second-order valence-corrected chi connectivity index (χ2v) is 7.89. The molecule has 0 saturated carbocycles. The van der Waals surface area contributed by atoms with Crippen molar-refractivity contribution in [2.45, 2.75) is 51.6 Å². The van der Waals surface area contributed by atoms with Gasteiger partial charge in [-0.2, -0.15) is 0 Å². The minimum atomic E-state index is 0.695. The van der Waals surface area contributed by atoms with Crippen LogP contribution in [-0.2, 0) is 6.54 Å². The molecule has 4 nitrogen and oxygen atoms in total. The van der Waals surface area contributed by atoms with Gasteiger partial charge in [-0.1, -0.05) is 6.42 Å². The molecule has 2 aliphatic rings. The molecule has 0 aliphatic carbocycles. The highest BCUT2D eigenvalue weighted by Gasteiger charge is 2.25. The normalized spacial score (nSPS) is 28.8. The largest absolute Gasteiger partial charge is 0.375 e. The van der Waals surface area contributed by atoms with E-state index in [1.165, 1.54) is 63.2 Å². The van der Waals surface area contributed by atoms with E-state index < -0.39 is 0 Å². The number of aromatic nitrogens is 1. The van der Waals surface area contributed by atoms with Crippen LogP contribution in [0.25, 0.3) is 0 Å². The number of thiazole rings is 1. The first kappa shape index (κ1) is 15.3. The van der Waals surface area contributed by atoms with Gasteiger partial charge in [0.1, 0.15) is 0 Å². The van der Waals surface area contributed by atoms with Crippen molar-refractivity contribution in [3.63, 3.8) is 0 Å². The summed E-state index contributed by atoms with van der Waals surface area (Å²) >= 11 is 1.63. The Labute approximate surface area is 132 Å². The maximum absolute atomic E-state index is 5.73. The lowest BCUT2D eigenvalue weighted by molar-refractivity contribution is 0.0916. The molecule has 1 aromatic rings. The van der Waals surface area contributed by atoms with Crippen LogP contribution < -0.4 is 5.73 Å². The average Bonchev–Trinajstić information content (AvgIpc) is 2.87. The zero-order valence-electron chi connectivity index (χ0n) is 13.1. The second kappa shape index (κ2) is 7.07. The monoisotopic (exact) mass is 308 g/mol. The number of hydrogen-bond acceptors (Lipinski definition) is 5. The number of anilines is 1. The molecule has 2 fully saturated rings. The van der Waals surface area contributed by atoms with Gasteiger partial charge in [0.2, 0.25) is 0 Å². The molecule has 5 heteroatoms. The third-order valence-corrected chi connectivity index (χ3v) is 5.80. The molecule has 3 heterocycles. The third kappa shape index (κ3) is 4.18. The number of nitrogen functional groups attached to an aromatic ring is 1. The molecular weight excluding hydrogens is 280 g/mol. The van der Waals surface area contributed by atoms with Gasteiger partial charge in [-0.25, -0.2) is 4.98 Å². The number of rotatable bonds is 4. The van der Waals surface area contributed by atoms with Crippen LogP contribution in [0.15, 0.2) is 6.20 Å². The molecule has 3 rings (SSSR count). The predicted molar refractivity (Wildman–Crippen MR) is 89.4 cm³/mol. The fourth-order valence-corrected chi connectivity index (χ4v) is 4.55. The average molecular weight is 308 g/mol. The lowest BCUT2D eigenvalue weighted by Gasteiger charge is -2.39. The van der Waals surface area contributed by atoms with Gasteiger partial charge >= 0.3 is 0 Å². The Morgan fingerprint density at radius 2 is 2.19 bits per heavy atom. The van der Waals surface area contributed by atoms with Crippen LogP contribution >= 0.6 is 11.3 Å².